The lowest BCUT2D eigenvalue weighted by atomic mass is 10.1. The van der Waals surface area contributed by atoms with Crippen LogP contribution >= 0.6 is 0 Å². The Kier molecular flexibility index (Phi) is 3.02. The van der Waals surface area contributed by atoms with Crippen LogP contribution in [0.2, 0.25) is 0 Å². The summed E-state index contributed by atoms with van der Waals surface area (Å²) in [4.78, 5) is 19.1. The molecule has 1 aliphatic carbocycles. The van der Waals surface area contributed by atoms with Crippen molar-refractivity contribution in [2.75, 3.05) is 6.54 Å². The van der Waals surface area contributed by atoms with Gasteiger partial charge in [0.25, 0.3) is 5.91 Å². The largest absolute Gasteiger partial charge is 0.361 e. The number of carbonyl (C=O) groups is 1. The van der Waals surface area contributed by atoms with Crippen LogP contribution in [0.4, 0.5) is 0 Å². The Bertz CT molecular complexity index is 697. The van der Waals surface area contributed by atoms with Crippen LogP contribution in [0, 0.1) is 13.8 Å². The summed E-state index contributed by atoms with van der Waals surface area (Å²) in [6.07, 6.45) is 4.04. The average Bonchev–Trinajstić information content (AvgIpc) is 2.93. The van der Waals surface area contributed by atoms with Gasteiger partial charge in [-0.2, -0.15) is 4.98 Å². The highest BCUT2D eigenvalue weighted by Crippen LogP contribution is 2.40. The molecule has 2 aromatic rings. The van der Waals surface area contributed by atoms with Crippen molar-refractivity contribution in [1.82, 2.24) is 20.2 Å². The Morgan fingerprint density at radius 1 is 1.18 bits per heavy atom. The Balaban J connectivity index is 1.61. The van der Waals surface area contributed by atoms with E-state index in [1.165, 1.54) is 0 Å². The van der Waals surface area contributed by atoms with Gasteiger partial charge in [0.2, 0.25) is 5.89 Å². The fourth-order valence-corrected chi connectivity index (χ4v) is 3.09. The summed E-state index contributed by atoms with van der Waals surface area (Å²) >= 11 is 0. The van der Waals surface area contributed by atoms with E-state index in [0.717, 1.165) is 31.5 Å². The Hall–Kier alpha value is -2.18. The highest BCUT2D eigenvalue weighted by atomic mass is 16.5. The topological polar surface area (TPSA) is 85.3 Å². The fraction of sp³-hybridized carbons (Fsp3) is 0.600. The van der Waals surface area contributed by atoms with Crippen molar-refractivity contribution < 1.29 is 13.8 Å². The van der Waals surface area contributed by atoms with Crippen molar-refractivity contribution in [3.63, 3.8) is 0 Å². The average molecular weight is 302 g/mol. The van der Waals surface area contributed by atoms with Crippen molar-refractivity contribution in [3.8, 4) is 0 Å². The molecule has 22 heavy (non-hydrogen) atoms. The second kappa shape index (κ2) is 4.93. The smallest absolute Gasteiger partial charge is 0.260 e. The van der Waals surface area contributed by atoms with E-state index < -0.39 is 0 Å². The number of aryl methyl sites for hydroxylation is 2. The molecule has 1 saturated heterocycles. The highest BCUT2D eigenvalue weighted by molar-refractivity contribution is 5.96. The minimum Gasteiger partial charge on any atom is -0.361 e. The normalized spacial score (nSPS) is 21.5. The standard InChI is InChI=1S/C15H18N4O3/c1-8-12(9(2)21-17-8)15(20)19-7-3-4-11(19)14-16-13(18-22-14)10-5-6-10/h10-11H,3-7H2,1-2H3. The van der Waals surface area contributed by atoms with E-state index in [1.54, 1.807) is 18.7 Å². The van der Waals surface area contributed by atoms with Crippen molar-refractivity contribution in [2.24, 2.45) is 0 Å². The van der Waals surface area contributed by atoms with E-state index in [4.69, 9.17) is 9.05 Å². The van der Waals surface area contributed by atoms with E-state index in [-0.39, 0.29) is 11.9 Å². The molecule has 7 heteroatoms. The van der Waals surface area contributed by atoms with Crippen LogP contribution in [0.15, 0.2) is 9.05 Å². The van der Waals surface area contributed by atoms with Gasteiger partial charge in [-0.15, -0.1) is 0 Å². The molecule has 3 heterocycles. The maximum Gasteiger partial charge on any atom is 0.260 e. The molecular formula is C15H18N4O3. The molecule has 2 aliphatic rings. The second-order valence-electron chi connectivity index (χ2n) is 6.12. The maximum absolute atomic E-state index is 12.8. The number of hydrogen-bond acceptors (Lipinski definition) is 6. The third-order valence-electron chi connectivity index (χ3n) is 4.45. The van der Waals surface area contributed by atoms with Gasteiger partial charge in [0.1, 0.15) is 17.4 Å². The van der Waals surface area contributed by atoms with Crippen LogP contribution in [-0.4, -0.2) is 32.6 Å². The fourth-order valence-electron chi connectivity index (χ4n) is 3.09. The monoisotopic (exact) mass is 302 g/mol. The van der Waals surface area contributed by atoms with Crippen molar-refractivity contribution in [1.29, 1.82) is 0 Å². The molecule has 0 bridgehead atoms. The Morgan fingerprint density at radius 2 is 2.00 bits per heavy atom. The van der Waals surface area contributed by atoms with Crippen molar-refractivity contribution >= 4 is 5.91 Å². The molecule has 116 valence electrons. The zero-order chi connectivity index (χ0) is 15.3. The number of amides is 1. The third kappa shape index (κ3) is 2.12. The zero-order valence-corrected chi connectivity index (χ0v) is 12.7. The van der Waals surface area contributed by atoms with E-state index in [2.05, 4.69) is 15.3 Å². The number of hydrogen-bond donors (Lipinski definition) is 0. The molecule has 4 rings (SSSR count). The molecule has 0 N–H and O–H groups in total. The number of carbonyl (C=O) groups excluding carboxylic acids is 1. The third-order valence-corrected chi connectivity index (χ3v) is 4.45. The molecular weight excluding hydrogens is 284 g/mol. The molecule has 1 saturated carbocycles. The lowest BCUT2D eigenvalue weighted by Crippen LogP contribution is -2.31. The summed E-state index contributed by atoms with van der Waals surface area (Å²) in [5.41, 5.74) is 1.17. The maximum atomic E-state index is 12.8. The first-order valence-corrected chi connectivity index (χ1v) is 7.72. The molecule has 1 amide bonds. The van der Waals surface area contributed by atoms with Gasteiger partial charge in [-0.1, -0.05) is 10.3 Å². The van der Waals surface area contributed by atoms with Crippen LogP contribution < -0.4 is 0 Å². The first-order valence-electron chi connectivity index (χ1n) is 7.72. The minimum absolute atomic E-state index is 0.0649. The lowest BCUT2D eigenvalue weighted by molar-refractivity contribution is 0.0707. The summed E-state index contributed by atoms with van der Waals surface area (Å²) in [5.74, 6) is 2.28. The summed E-state index contributed by atoms with van der Waals surface area (Å²) in [5, 5.41) is 7.93. The summed E-state index contributed by atoms with van der Waals surface area (Å²) in [6.45, 7) is 4.23. The van der Waals surface area contributed by atoms with Crippen LogP contribution in [0.25, 0.3) is 0 Å². The summed E-state index contributed by atoms with van der Waals surface area (Å²) in [7, 11) is 0. The Labute approximate surface area is 127 Å². The van der Waals surface area contributed by atoms with Gasteiger partial charge < -0.3 is 13.9 Å². The quantitative estimate of drug-likeness (QED) is 0.866. The van der Waals surface area contributed by atoms with Gasteiger partial charge >= 0.3 is 0 Å². The minimum atomic E-state index is -0.138. The Morgan fingerprint density at radius 3 is 2.68 bits per heavy atom. The van der Waals surface area contributed by atoms with Crippen LogP contribution in [0.1, 0.15) is 71.2 Å². The molecule has 0 radical (unpaired) electrons. The lowest BCUT2D eigenvalue weighted by Gasteiger charge is -2.21. The van der Waals surface area contributed by atoms with Crippen molar-refractivity contribution in [2.45, 2.75) is 51.5 Å². The van der Waals surface area contributed by atoms with E-state index in [9.17, 15) is 4.79 Å². The first-order chi connectivity index (χ1) is 10.6. The van der Waals surface area contributed by atoms with Gasteiger partial charge in [0.15, 0.2) is 5.82 Å². The van der Waals surface area contributed by atoms with Crippen LogP contribution in [0.3, 0.4) is 0 Å². The highest BCUT2D eigenvalue weighted by Gasteiger charge is 2.38. The molecule has 1 aliphatic heterocycles. The molecule has 0 aromatic carbocycles. The molecule has 2 aromatic heterocycles. The summed E-state index contributed by atoms with van der Waals surface area (Å²) < 4.78 is 10.5. The SMILES string of the molecule is Cc1noc(C)c1C(=O)N1CCCC1c1nc(C2CC2)no1. The molecule has 1 unspecified atom stereocenters. The van der Waals surface area contributed by atoms with Gasteiger partial charge in [0.05, 0.1) is 5.69 Å². The zero-order valence-electron chi connectivity index (χ0n) is 12.7. The molecule has 7 nitrogen and oxygen atoms in total. The van der Waals surface area contributed by atoms with Crippen molar-refractivity contribution in [3.05, 3.63) is 28.7 Å². The number of likely N-dealkylation sites (tertiary alicyclic amines) is 1. The van der Waals surface area contributed by atoms with E-state index in [1.807, 2.05) is 0 Å². The first kappa shape index (κ1) is 13.5. The number of nitrogens with zero attached hydrogens (tertiary/aromatic N) is 4. The number of rotatable bonds is 3. The summed E-state index contributed by atoms with van der Waals surface area (Å²) in [6, 6.07) is -0.138. The molecule has 2 fully saturated rings. The molecule has 1 atom stereocenters. The van der Waals surface area contributed by atoms with Gasteiger partial charge in [-0.05, 0) is 39.5 Å². The van der Waals surface area contributed by atoms with E-state index >= 15 is 0 Å². The van der Waals surface area contributed by atoms with Gasteiger partial charge in [-0.25, -0.2) is 0 Å². The van der Waals surface area contributed by atoms with Crippen LogP contribution in [-0.2, 0) is 0 Å². The second-order valence-corrected chi connectivity index (χ2v) is 6.12. The van der Waals surface area contributed by atoms with E-state index in [0.29, 0.717) is 35.4 Å². The van der Waals surface area contributed by atoms with Gasteiger partial charge in [-0.3, -0.25) is 4.79 Å². The van der Waals surface area contributed by atoms with Crippen LogP contribution in [0.5, 0.6) is 0 Å². The predicted octanol–water partition coefficient (Wildman–Crippen LogP) is 2.53. The van der Waals surface area contributed by atoms with Gasteiger partial charge in [0, 0.05) is 12.5 Å². The molecule has 0 spiro atoms. The predicted molar refractivity (Wildman–Crippen MR) is 75.3 cm³/mol. The number of aromatic nitrogens is 3.